The highest BCUT2D eigenvalue weighted by molar-refractivity contribution is 7.17. The Bertz CT molecular complexity index is 865. The van der Waals surface area contributed by atoms with Crippen LogP contribution in [-0.4, -0.2) is 38.4 Å². The standard InChI is InChI=1S/C20H22N2O3S/c1-23-17-4-3-5-18(24-2)19(17)25-14-7-11-22(12-8-14)16-6-10-21-15-9-13-26-20(15)16/h3-6,9-10,13-14H,7-8,11-12H2,1-2H3. The molecule has 1 aliphatic heterocycles. The van der Waals surface area contributed by atoms with Gasteiger partial charge in [0.05, 0.1) is 30.1 Å². The van der Waals surface area contributed by atoms with E-state index >= 15 is 0 Å². The van der Waals surface area contributed by atoms with Crippen LogP contribution in [0.1, 0.15) is 12.8 Å². The zero-order valence-electron chi connectivity index (χ0n) is 15.0. The maximum absolute atomic E-state index is 6.27. The third-order valence-electron chi connectivity index (χ3n) is 4.77. The third kappa shape index (κ3) is 3.17. The number of nitrogens with zero attached hydrogens (tertiary/aromatic N) is 2. The second-order valence-electron chi connectivity index (χ2n) is 6.26. The molecular formula is C20H22N2O3S. The molecule has 26 heavy (non-hydrogen) atoms. The Morgan fingerprint density at radius 2 is 1.77 bits per heavy atom. The van der Waals surface area contributed by atoms with Crippen molar-refractivity contribution < 1.29 is 14.2 Å². The van der Waals surface area contributed by atoms with E-state index in [2.05, 4.69) is 27.4 Å². The van der Waals surface area contributed by atoms with Gasteiger partial charge in [0, 0.05) is 32.1 Å². The van der Waals surface area contributed by atoms with Crippen LogP contribution >= 0.6 is 11.3 Å². The number of aromatic nitrogens is 1. The molecular weight excluding hydrogens is 348 g/mol. The van der Waals surface area contributed by atoms with Crippen molar-refractivity contribution in [1.82, 2.24) is 4.98 Å². The molecule has 136 valence electrons. The van der Waals surface area contributed by atoms with Crippen LogP contribution in [0.15, 0.2) is 41.9 Å². The van der Waals surface area contributed by atoms with Crippen molar-refractivity contribution in [2.45, 2.75) is 18.9 Å². The van der Waals surface area contributed by atoms with Crippen molar-refractivity contribution >= 4 is 27.2 Å². The van der Waals surface area contributed by atoms with E-state index in [1.165, 1.54) is 10.4 Å². The molecule has 6 heteroatoms. The van der Waals surface area contributed by atoms with Gasteiger partial charge >= 0.3 is 0 Å². The van der Waals surface area contributed by atoms with Crippen LogP contribution in [-0.2, 0) is 0 Å². The van der Waals surface area contributed by atoms with Gasteiger partial charge in [0.25, 0.3) is 0 Å². The molecule has 5 nitrogen and oxygen atoms in total. The molecule has 1 fully saturated rings. The number of fused-ring (bicyclic) bond motifs is 1. The molecule has 0 radical (unpaired) electrons. The summed E-state index contributed by atoms with van der Waals surface area (Å²) < 4.78 is 18.4. The zero-order valence-corrected chi connectivity index (χ0v) is 15.8. The number of benzene rings is 1. The summed E-state index contributed by atoms with van der Waals surface area (Å²) in [7, 11) is 3.31. The zero-order chi connectivity index (χ0) is 17.9. The van der Waals surface area contributed by atoms with Gasteiger partial charge in [-0.3, -0.25) is 4.98 Å². The molecule has 1 aromatic carbocycles. The van der Waals surface area contributed by atoms with Gasteiger partial charge in [0.1, 0.15) is 6.10 Å². The Morgan fingerprint density at radius 3 is 2.46 bits per heavy atom. The minimum Gasteiger partial charge on any atom is -0.493 e. The highest BCUT2D eigenvalue weighted by atomic mass is 32.1. The van der Waals surface area contributed by atoms with E-state index in [-0.39, 0.29) is 6.10 Å². The van der Waals surface area contributed by atoms with Crippen LogP contribution in [0.3, 0.4) is 0 Å². The van der Waals surface area contributed by atoms with Crippen LogP contribution in [0.5, 0.6) is 17.2 Å². The van der Waals surface area contributed by atoms with Crippen LogP contribution in [0, 0.1) is 0 Å². The second-order valence-corrected chi connectivity index (χ2v) is 7.18. The van der Waals surface area contributed by atoms with Crippen molar-refractivity contribution in [3.8, 4) is 17.2 Å². The molecule has 0 aliphatic carbocycles. The number of hydrogen-bond acceptors (Lipinski definition) is 6. The molecule has 1 saturated heterocycles. The molecule has 2 aromatic heterocycles. The van der Waals surface area contributed by atoms with Crippen molar-refractivity contribution in [2.75, 3.05) is 32.2 Å². The third-order valence-corrected chi connectivity index (χ3v) is 5.70. The van der Waals surface area contributed by atoms with Crippen molar-refractivity contribution in [1.29, 1.82) is 0 Å². The first-order valence-corrected chi connectivity index (χ1v) is 9.63. The summed E-state index contributed by atoms with van der Waals surface area (Å²) in [5.74, 6) is 2.11. The monoisotopic (exact) mass is 370 g/mol. The molecule has 0 bridgehead atoms. The Labute approximate surface area is 157 Å². The van der Waals surface area contributed by atoms with E-state index in [9.17, 15) is 0 Å². The summed E-state index contributed by atoms with van der Waals surface area (Å²) in [5, 5.41) is 2.10. The lowest BCUT2D eigenvalue weighted by Crippen LogP contribution is -2.38. The van der Waals surface area contributed by atoms with Crippen LogP contribution in [0.2, 0.25) is 0 Å². The lowest BCUT2D eigenvalue weighted by atomic mass is 10.1. The highest BCUT2D eigenvalue weighted by Crippen LogP contribution is 2.39. The lowest BCUT2D eigenvalue weighted by Gasteiger charge is -2.34. The molecule has 3 aromatic rings. The second kappa shape index (κ2) is 7.41. The fraction of sp³-hybridized carbons (Fsp3) is 0.350. The Balaban J connectivity index is 1.47. The summed E-state index contributed by atoms with van der Waals surface area (Å²) in [6.07, 6.45) is 3.96. The molecule has 1 aliphatic rings. The molecule has 3 heterocycles. The Morgan fingerprint density at radius 1 is 1.04 bits per heavy atom. The molecule has 0 N–H and O–H groups in total. The van der Waals surface area contributed by atoms with E-state index in [0.29, 0.717) is 17.2 Å². The normalized spacial score (nSPS) is 15.2. The average molecular weight is 370 g/mol. The number of piperidine rings is 1. The number of anilines is 1. The number of thiophene rings is 1. The fourth-order valence-electron chi connectivity index (χ4n) is 3.42. The van der Waals surface area contributed by atoms with Gasteiger partial charge in [-0.1, -0.05) is 6.07 Å². The fourth-order valence-corrected chi connectivity index (χ4v) is 4.32. The predicted molar refractivity (Wildman–Crippen MR) is 105 cm³/mol. The topological polar surface area (TPSA) is 43.8 Å². The van der Waals surface area contributed by atoms with Crippen LogP contribution < -0.4 is 19.1 Å². The van der Waals surface area contributed by atoms with Gasteiger partial charge in [-0.25, -0.2) is 0 Å². The van der Waals surface area contributed by atoms with Crippen LogP contribution in [0.25, 0.3) is 10.2 Å². The number of rotatable bonds is 5. The smallest absolute Gasteiger partial charge is 0.203 e. The first kappa shape index (κ1) is 17.0. The van der Waals surface area contributed by atoms with Gasteiger partial charge in [0.2, 0.25) is 5.75 Å². The van der Waals surface area contributed by atoms with Crippen molar-refractivity contribution in [3.05, 3.63) is 41.9 Å². The summed E-state index contributed by atoms with van der Waals surface area (Å²) in [5.41, 5.74) is 2.35. The highest BCUT2D eigenvalue weighted by Gasteiger charge is 2.24. The minimum absolute atomic E-state index is 0.150. The first-order chi connectivity index (χ1) is 12.8. The largest absolute Gasteiger partial charge is 0.493 e. The van der Waals surface area contributed by atoms with Gasteiger partial charge in [-0.05, 0) is 29.6 Å². The number of methoxy groups -OCH3 is 2. The molecule has 0 spiro atoms. The van der Waals surface area contributed by atoms with E-state index in [0.717, 1.165) is 31.4 Å². The molecule has 4 rings (SSSR count). The van der Waals surface area contributed by atoms with Crippen LogP contribution in [0.4, 0.5) is 5.69 Å². The van der Waals surface area contributed by atoms with Gasteiger partial charge in [-0.15, -0.1) is 11.3 Å². The molecule has 0 unspecified atom stereocenters. The SMILES string of the molecule is COc1cccc(OC)c1OC1CCN(c2ccnc3ccsc23)CC1. The van der Waals surface area contributed by atoms with Crippen molar-refractivity contribution in [2.24, 2.45) is 0 Å². The van der Waals surface area contributed by atoms with E-state index in [1.807, 2.05) is 24.4 Å². The molecule has 0 amide bonds. The lowest BCUT2D eigenvalue weighted by molar-refractivity contribution is 0.158. The maximum Gasteiger partial charge on any atom is 0.203 e. The number of ether oxygens (including phenoxy) is 3. The summed E-state index contributed by atoms with van der Waals surface area (Å²) in [6.45, 7) is 1.91. The Hall–Kier alpha value is -2.47. The molecule has 0 atom stereocenters. The first-order valence-electron chi connectivity index (χ1n) is 8.75. The summed E-state index contributed by atoms with van der Waals surface area (Å²) >= 11 is 1.75. The summed E-state index contributed by atoms with van der Waals surface area (Å²) in [6, 6.07) is 9.90. The Kier molecular flexibility index (Phi) is 4.84. The number of para-hydroxylation sites is 1. The number of pyridine rings is 1. The number of hydrogen-bond donors (Lipinski definition) is 0. The van der Waals surface area contributed by atoms with E-state index in [1.54, 1.807) is 25.6 Å². The van der Waals surface area contributed by atoms with E-state index < -0.39 is 0 Å². The summed E-state index contributed by atoms with van der Waals surface area (Å²) in [4.78, 5) is 6.87. The van der Waals surface area contributed by atoms with Crippen molar-refractivity contribution in [3.63, 3.8) is 0 Å². The van der Waals surface area contributed by atoms with E-state index in [4.69, 9.17) is 14.2 Å². The maximum atomic E-state index is 6.27. The quantitative estimate of drug-likeness (QED) is 0.668. The van der Waals surface area contributed by atoms with Gasteiger partial charge < -0.3 is 19.1 Å². The molecule has 0 saturated carbocycles. The van der Waals surface area contributed by atoms with Gasteiger partial charge in [-0.2, -0.15) is 0 Å². The predicted octanol–water partition coefficient (Wildman–Crippen LogP) is 4.36. The average Bonchev–Trinajstić information content (AvgIpc) is 3.17. The van der Waals surface area contributed by atoms with Gasteiger partial charge in [0.15, 0.2) is 11.5 Å². The minimum atomic E-state index is 0.150.